The fourth-order valence-electron chi connectivity index (χ4n) is 2.57. The third-order valence-electron chi connectivity index (χ3n) is 4.05. The molecule has 31 heavy (non-hydrogen) atoms. The minimum absolute atomic E-state index is 0.0278. The number of hydrogen-bond acceptors (Lipinski definition) is 7. The topological polar surface area (TPSA) is 135 Å². The van der Waals surface area contributed by atoms with Gasteiger partial charge in [0.05, 0.1) is 21.7 Å². The smallest absolute Gasteiger partial charge is 0.269 e. The maximum atomic E-state index is 13.1. The van der Waals surface area contributed by atoms with Gasteiger partial charge in [0.2, 0.25) is 0 Å². The van der Waals surface area contributed by atoms with Gasteiger partial charge in [0.1, 0.15) is 6.54 Å². The molecule has 1 heterocycles. The molecule has 0 aliphatic carbocycles. The number of nitrogens with zero attached hydrogens (tertiary/aromatic N) is 4. The summed E-state index contributed by atoms with van der Waals surface area (Å²) in [4.78, 5) is 26.6. The number of nitrogens with one attached hydrogen (secondary N) is 1. The van der Waals surface area contributed by atoms with Crippen LogP contribution in [0.2, 0.25) is 0 Å². The Morgan fingerprint density at radius 3 is 2.42 bits per heavy atom. The largest absolute Gasteiger partial charge is 0.271 e. The van der Waals surface area contributed by atoms with Crippen LogP contribution in [0.3, 0.4) is 0 Å². The molecule has 0 radical (unpaired) electrons. The number of hydrogen-bond donors (Lipinski definition) is 1. The third-order valence-corrected chi connectivity index (χ3v) is 5.84. The lowest BCUT2D eigenvalue weighted by Crippen LogP contribution is -2.39. The molecule has 0 atom stereocenters. The lowest BCUT2D eigenvalue weighted by Gasteiger charge is -2.23. The molecule has 10 nitrogen and oxygen atoms in total. The zero-order valence-electron chi connectivity index (χ0n) is 16.0. The summed E-state index contributed by atoms with van der Waals surface area (Å²) in [6, 6.07) is 15.9. The van der Waals surface area contributed by atoms with Crippen molar-refractivity contribution in [2.75, 3.05) is 10.8 Å². The lowest BCUT2D eigenvalue weighted by molar-refractivity contribution is -0.384. The van der Waals surface area contributed by atoms with E-state index < -0.39 is 27.4 Å². The van der Waals surface area contributed by atoms with E-state index in [2.05, 4.69) is 15.5 Å². The summed E-state index contributed by atoms with van der Waals surface area (Å²) in [6.45, 7) is -0.584. The molecule has 3 aromatic rings. The van der Waals surface area contributed by atoms with Gasteiger partial charge in [-0.3, -0.25) is 24.2 Å². The number of nitro groups is 1. The van der Waals surface area contributed by atoms with Crippen LogP contribution < -0.4 is 9.73 Å². The van der Waals surface area contributed by atoms with Crippen molar-refractivity contribution in [3.8, 4) is 0 Å². The van der Waals surface area contributed by atoms with Gasteiger partial charge in [-0.1, -0.05) is 24.3 Å². The molecule has 2 aromatic carbocycles. The number of carbonyl (C=O) groups excluding carboxylic acids is 1. The monoisotopic (exact) mass is 439 g/mol. The Labute approximate surface area is 178 Å². The molecule has 0 bridgehead atoms. The maximum absolute atomic E-state index is 13.1. The van der Waals surface area contributed by atoms with Crippen molar-refractivity contribution in [1.82, 2.24) is 10.4 Å². The molecule has 0 saturated heterocycles. The van der Waals surface area contributed by atoms with Crippen LogP contribution >= 0.6 is 0 Å². The van der Waals surface area contributed by atoms with Crippen molar-refractivity contribution in [2.24, 2.45) is 5.10 Å². The Kier molecular flexibility index (Phi) is 6.67. The number of hydrazone groups is 1. The summed E-state index contributed by atoms with van der Waals surface area (Å²) < 4.78 is 27.2. The maximum Gasteiger partial charge on any atom is 0.269 e. The molecular formula is C20H17N5O5S. The quantitative estimate of drug-likeness (QED) is 0.325. The molecule has 0 aliphatic rings. The van der Waals surface area contributed by atoms with Gasteiger partial charge in [-0.25, -0.2) is 13.8 Å². The van der Waals surface area contributed by atoms with Gasteiger partial charge in [-0.05, 0) is 30.3 Å². The standard InChI is InChI=1S/C20H17N5O5S/c26-20(23-22-14-16-5-4-12-21-13-16)15-24(17-8-10-18(11-9-17)25(27)28)31(29,30)19-6-2-1-3-7-19/h1-14H,15H2,(H,23,26)/b22-14-. The highest BCUT2D eigenvalue weighted by atomic mass is 32.2. The number of carbonyl (C=O) groups is 1. The molecule has 1 aromatic heterocycles. The second-order valence-electron chi connectivity index (χ2n) is 6.18. The second kappa shape index (κ2) is 9.59. The molecule has 0 unspecified atom stereocenters. The predicted molar refractivity (Wildman–Crippen MR) is 114 cm³/mol. The van der Waals surface area contributed by atoms with Crippen molar-refractivity contribution in [2.45, 2.75) is 4.90 Å². The Morgan fingerprint density at radius 1 is 1.10 bits per heavy atom. The van der Waals surface area contributed by atoms with E-state index in [0.29, 0.717) is 5.56 Å². The van der Waals surface area contributed by atoms with Crippen molar-refractivity contribution in [3.63, 3.8) is 0 Å². The highest BCUT2D eigenvalue weighted by Crippen LogP contribution is 2.25. The van der Waals surface area contributed by atoms with Crippen LogP contribution in [0.25, 0.3) is 0 Å². The molecule has 0 saturated carbocycles. The van der Waals surface area contributed by atoms with E-state index >= 15 is 0 Å². The normalized spacial score (nSPS) is 11.2. The fourth-order valence-corrected chi connectivity index (χ4v) is 4.01. The van der Waals surface area contributed by atoms with E-state index in [1.54, 1.807) is 42.7 Å². The van der Waals surface area contributed by atoms with Crippen molar-refractivity contribution >= 4 is 33.5 Å². The number of nitro benzene ring substituents is 1. The lowest BCUT2D eigenvalue weighted by atomic mass is 10.3. The number of non-ortho nitro benzene ring substituents is 1. The number of anilines is 1. The summed E-state index contributed by atoms with van der Waals surface area (Å²) >= 11 is 0. The Morgan fingerprint density at radius 2 is 1.81 bits per heavy atom. The first-order chi connectivity index (χ1) is 14.9. The van der Waals surface area contributed by atoms with Crippen LogP contribution in [0, 0.1) is 10.1 Å². The van der Waals surface area contributed by atoms with Gasteiger partial charge in [0.25, 0.3) is 21.6 Å². The molecule has 1 amide bonds. The summed E-state index contributed by atoms with van der Waals surface area (Å²) in [7, 11) is -4.12. The summed E-state index contributed by atoms with van der Waals surface area (Å²) in [6.07, 6.45) is 4.50. The van der Waals surface area contributed by atoms with Crippen LogP contribution in [0.1, 0.15) is 5.56 Å². The van der Waals surface area contributed by atoms with Crippen LogP contribution in [-0.4, -0.2) is 37.0 Å². The van der Waals surface area contributed by atoms with Gasteiger partial charge >= 0.3 is 0 Å². The SMILES string of the molecule is O=C(CN(c1ccc([N+](=O)[O-])cc1)S(=O)(=O)c1ccccc1)N/N=C\c1cccnc1. The molecule has 11 heteroatoms. The molecule has 3 rings (SSSR count). The van der Waals surface area contributed by atoms with Gasteiger partial charge in [0.15, 0.2) is 0 Å². The van der Waals surface area contributed by atoms with E-state index in [-0.39, 0.29) is 16.3 Å². The van der Waals surface area contributed by atoms with Crippen LogP contribution in [0.15, 0.2) is 89.1 Å². The minimum Gasteiger partial charge on any atom is -0.271 e. The number of sulfonamides is 1. The highest BCUT2D eigenvalue weighted by Gasteiger charge is 2.27. The Hall–Kier alpha value is -4.12. The predicted octanol–water partition coefficient (Wildman–Crippen LogP) is 2.34. The van der Waals surface area contributed by atoms with E-state index in [9.17, 15) is 23.3 Å². The number of pyridine rings is 1. The summed E-state index contributed by atoms with van der Waals surface area (Å²) in [5.41, 5.74) is 2.81. The van der Waals surface area contributed by atoms with Gasteiger partial charge in [-0.2, -0.15) is 5.10 Å². The number of amides is 1. The van der Waals surface area contributed by atoms with Crippen LogP contribution in [-0.2, 0) is 14.8 Å². The molecule has 0 aliphatic heterocycles. The first-order valence-corrected chi connectivity index (χ1v) is 10.4. The number of benzene rings is 2. The molecule has 0 spiro atoms. The third kappa shape index (κ3) is 5.48. The van der Waals surface area contributed by atoms with Gasteiger partial charge in [0, 0.05) is 30.1 Å². The van der Waals surface area contributed by atoms with Crippen LogP contribution in [0.4, 0.5) is 11.4 Å². The highest BCUT2D eigenvalue weighted by molar-refractivity contribution is 7.92. The minimum atomic E-state index is -4.12. The molecule has 158 valence electrons. The van der Waals surface area contributed by atoms with E-state index in [1.807, 2.05) is 0 Å². The van der Waals surface area contributed by atoms with Crippen molar-refractivity contribution in [3.05, 3.63) is 94.8 Å². The Balaban J connectivity index is 1.86. The average molecular weight is 439 g/mol. The number of aromatic nitrogens is 1. The van der Waals surface area contributed by atoms with Crippen LogP contribution in [0.5, 0.6) is 0 Å². The van der Waals surface area contributed by atoms with E-state index in [1.165, 1.54) is 42.6 Å². The molecular weight excluding hydrogens is 422 g/mol. The summed E-state index contributed by atoms with van der Waals surface area (Å²) in [5.74, 6) is -0.696. The average Bonchev–Trinajstić information content (AvgIpc) is 2.79. The zero-order chi connectivity index (χ0) is 22.3. The molecule has 0 fully saturated rings. The van der Waals surface area contributed by atoms with Crippen molar-refractivity contribution in [1.29, 1.82) is 0 Å². The van der Waals surface area contributed by atoms with E-state index in [0.717, 1.165) is 4.31 Å². The number of rotatable bonds is 8. The van der Waals surface area contributed by atoms with Crippen molar-refractivity contribution < 1.29 is 18.1 Å². The van der Waals surface area contributed by atoms with E-state index in [4.69, 9.17) is 0 Å². The fraction of sp³-hybridized carbons (Fsp3) is 0.0500. The first kappa shape index (κ1) is 21.6. The molecule has 1 N–H and O–H groups in total. The first-order valence-electron chi connectivity index (χ1n) is 8.92. The second-order valence-corrected chi connectivity index (χ2v) is 8.04. The Bertz CT molecular complexity index is 1180. The summed E-state index contributed by atoms with van der Waals surface area (Å²) in [5, 5.41) is 14.7. The van der Waals surface area contributed by atoms with Gasteiger partial charge < -0.3 is 0 Å². The van der Waals surface area contributed by atoms with Gasteiger partial charge in [-0.15, -0.1) is 0 Å². The zero-order valence-corrected chi connectivity index (χ0v) is 16.8.